The maximum atomic E-state index is 13.1. The number of aliphatic hydroxyl groups is 1. The lowest BCUT2D eigenvalue weighted by Gasteiger charge is -2.21. The van der Waals surface area contributed by atoms with E-state index in [0.29, 0.717) is 31.6 Å². The van der Waals surface area contributed by atoms with Crippen LogP contribution in [0.25, 0.3) is 0 Å². The number of unbranched alkanes of at least 4 members (excludes halogenated alkanes) is 43. The molecule has 0 amide bonds. The van der Waals surface area contributed by atoms with Crippen molar-refractivity contribution in [1.82, 2.24) is 0 Å². The molecule has 0 spiro atoms. The Kier molecular flexibility index (Phi) is 66.2. The first-order valence-corrected chi connectivity index (χ1v) is 42.8. The molecule has 0 saturated heterocycles. The molecule has 0 bridgehead atoms. The normalized spacial score (nSPS) is 14.1. The number of ether oxygens (including phenoxy) is 4. The first-order valence-electron chi connectivity index (χ1n) is 39.8. The molecule has 0 aliphatic rings. The Bertz CT molecular complexity index is 1870. The fourth-order valence-corrected chi connectivity index (χ4v) is 13.4. The number of carbonyl (C=O) groups excluding carboxylic acids is 4. The monoisotopic (exact) mass is 1410 g/mol. The molecule has 0 aromatic heterocycles. The van der Waals surface area contributed by atoms with Crippen LogP contribution < -0.4 is 0 Å². The van der Waals surface area contributed by atoms with Crippen LogP contribution in [0.15, 0.2) is 0 Å². The maximum Gasteiger partial charge on any atom is 0.472 e. The van der Waals surface area contributed by atoms with Crippen molar-refractivity contribution >= 4 is 39.5 Å². The van der Waals surface area contributed by atoms with Gasteiger partial charge in [0.1, 0.15) is 19.3 Å². The van der Waals surface area contributed by atoms with E-state index in [4.69, 9.17) is 37.0 Å². The highest BCUT2D eigenvalue weighted by Crippen LogP contribution is 2.45. The molecule has 19 heteroatoms. The smallest absolute Gasteiger partial charge is 0.462 e. The first kappa shape index (κ1) is 94.1. The Labute approximate surface area is 588 Å². The molecule has 0 rings (SSSR count). The minimum Gasteiger partial charge on any atom is -0.462 e. The number of hydrogen-bond acceptors (Lipinski definition) is 15. The van der Waals surface area contributed by atoms with Crippen molar-refractivity contribution in [2.75, 3.05) is 39.6 Å². The lowest BCUT2D eigenvalue weighted by Crippen LogP contribution is -2.30. The van der Waals surface area contributed by atoms with Gasteiger partial charge >= 0.3 is 39.5 Å². The van der Waals surface area contributed by atoms with Gasteiger partial charge in [-0.25, -0.2) is 9.13 Å². The van der Waals surface area contributed by atoms with Gasteiger partial charge in [0.2, 0.25) is 0 Å². The van der Waals surface area contributed by atoms with Gasteiger partial charge in [-0.3, -0.25) is 37.3 Å². The van der Waals surface area contributed by atoms with Crippen molar-refractivity contribution in [3.05, 3.63) is 0 Å². The van der Waals surface area contributed by atoms with Crippen molar-refractivity contribution in [3.8, 4) is 0 Å². The summed E-state index contributed by atoms with van der Waals surface area (Å²) >= 11 is 0. The second-order valence-electron chi connectivity index (χ2n) is 29.2. The highest BCUT2D eigenvalue weighted by atomic mass is 31.2. The lowest BCUT2D eigenvalue weighted by molar-refractivity contribution is -0.161. The molecular formula is C77H150O17P2. The third-order valence-electron chi connectivity index (χ3n) is 17.9. The molecule has 0 fully saturated rings. The van der Waals surface area contributed by atoms with Crippen molar-refractivity contribution < 1.29 is 80.2 Å². The van der Waals surface area contributed by atoms with E-state index in [1.165, 1.54) is 199 Å². The van der Waals surface area contributed by atoms with Crippen molar-refractivity contribution in [1.29, 1.82) is 0 Å². The van der Waals surface area contributed by atoms with Crippen LogP contribution in [0.4, 0.5) is 0 Å². The summed E-state index contributed by atoms with van der Waals surface area (Å²) in [4.78, 5) is 72.8. The lowest BCUT2D eigenvalue weighted by atomic mass is 10.0. The number of rotatable bonds is 75. The van der Waals surface area contributed by atoms with Gasteiger partial charge in [0.15, 0.2) is 12.2 Å². The molecular weight excluding hydrogens is 1260 g/mol. The molecule has 0 heterocycles. The van der Waals surface area contributed by atoms with Crippen LogP contribution in [0.2, 0.25) is 0 Å². The zero-order chi connectivity index (χ0) is 70.9. The van der Waals surface area contributed by atoms with Crippen molar-refractivity contribution in [2.45, 2.75) is 414 Å². The van der Waals surface area contributed by atoms with E-state index in [1.807, 2.05) is 0 Å². The summed E-state index contributed by atoms with van der Waals surface area (Å²) in [7, 11) is -9.91. The topological polar surface area (TPSA) is 237 Å². The number of hydrogen-bond donors (Lipinski definition) is 3. The van der Waals surface area contributed by atoms with Gasteiger partial charge in [0.05, 0.1) is 26.4 Å². The summed E-state index contributed by atoms with van der Waals surface area (Å²) in [5, 5.41) is 10.6. The van der Waals surface area contributed by atoms with Crippen LogP contribution in [-0.2, 0) is 65.4 Å². The minimum absolute atomic E-state index is 0.106. The standard InChI is InChI=1S/C77H150O17P2/c1-8-9-10-11-12-13-24-32-37-46-53-60-76(81)94-73(65-88-75(80)59-52-45-40-39-43-50-57-70(6)7)67-92-96(85,86)90-63-71(78)62-89-95(83,84)91-66-72(93-77(82)61-54-47-38-33-28-23-19-15-17-21-26-30-35-42-49-56-69(4)5)64-87-74(79)58-51-44-36-31-27-22-18-14-16-20-25-29-34-41-48-55-68(2)3/h68-73,78H,8-67H2,1-7H3,(H,83,84)(H,85,86)/t71-,72-,73-/m1/s1. The summed E-state index contributed by atoms with van der Waals surface area (Å²) < 4.78 is 68.5. The minimum atomic E-state index is -4.96. The molecule has 17 nitrogen and oxygen atoms in total. The molecule has 0 aromatic carbocycles. The van der Waals surface area contributed by atoms with E-state index in [2.05, 4.69) is 48.5 Å². The first-order chi connectivity index (χ1) is 46.2. The van der Waals surface area contributed by atoms with Crippen LogP contribution >= 0.6 is 15.6 Å². The van der Waals surface area contributed by atoms with Crippen LogP contribution in [0, 0.1) is 17.8 Å². The summed E-state index contributed by atoms with van der Waals surface area (Å²) in [6.45, 7) is 11.9. The average Bonchev–Trinajstić information content (AvgIpc) is 1.45. The van der Waals surface area contributed by atoms with Gasteiger partial charge in [0.25, 0.3) is 0 Å². The highest BCUT2D eigenvalue weighted by molar-refractivity contribution is 7.47. The predicted molar refractivity (Wildman–Crippen MR) is 391 cm³/mol. The Balaban J connectivity index is 5.21. The molecule has 0 aliphatic heterocycles. The molecule has 96 heavy (non-hydrogen) atoms. The molecule has 5 atom stereocenters. The fourth-order valence-electron chi connectivity index (χ4n) is 11.8. The largest absolute Gasteiger partial charge is 0.472 e. The number of phosphoric ester groups is 2. The molecule has 2 unspecified atom stereocenters. The Morgan fingerprint density at radius 3 is 0.708 bits per heavy atom. The number of aliphatic hydroxyl groups excluding tert-OH is 1. The van der Waals surface area contributed by atoms with E-state index >= 15 is 0 Å². The molecule has 0 aromatic rings. The van der Waals surface area contributed by atoms with Crippen LogP contribution in [0.5, 0.6) is 0 Å². The van der Waals surface area contributed by atoms with Crippen molar-refractivity contribution in [3.63, 3.8) is 0 Å². The summed E-state index contributed by atoms with van der Waals surface area (Å²) in [5.74, 6) is 0.171. The van der Waals surface area contributed by atoms with Crippen LogP contribution in [0.3, 0.4) is 0 Å². The van der Waals surface area contributed by atoms with Crippen LogP contribution in [-0.4, -0.2) is 96.7 Å². The summed E-state index contributed by atoms with van der Waals surface area (Å²) in [6, 6.07) is 0. The van der Waals surface area contributed by atoms with Gasteiger partial charge in [-0.1, -0.05) is 344 Å². The predicted octanol–water partition coefficient (Wildman–Crippen LogP) is 22.6. The Morgan fingerprint density at radius 2 is 0.479 bits per heavy atom. The Morgan fingerprint density at radius 1 is 0.281 bits per heavy atom. The third kappa shape index (κ3) is 70.5. The van der Waals surface area contributed by atoms with E-state index in [1.54, 1.807) is 0 Å². The number of esters is 4. The van der Waals surface area contributed by atoms with Gasteiger partial charge in [0, 0.05) is 25.7 Å². The quantitative estimate of drug-likeness (QED) is 0.0222. The van der Waals surface area contributed by atoms with Crippen LogP contribution in [0.1, 0.15) is 395 Å². The molecule has 570 valence electrons. The highest BCUT2D eigenvalue weighted by Gasteiger charge is 2.30. The van der Waals surface area contributed by atoms with Gasteiger partial charge in [-0.05, 0) is 43.4 Å². The van der Waals surface area contributed by atoms with E-state index in [-0.39, 0.29) is 25.7 Å². The fraction of sp³-hybridized carbons (Fsp3) is 0.948. The summed E-state index contributed by atoms with van der Waals surface area (Å²) in [5.41, 5.74) is 0. The zero-order valence-corrected chi connectivity index (χ0v) is 64.6. The average molecular weight is 1410 g/mol. The molecule has 0 radical (unpaired) electrons. The molecule has 3 N–H and O–H groups in total. The Hall–Kier alpha value is -1.94. The van der Waals surface area contributed by atoms with Crippen molar-refractivity contribution in [2.24, 2.45) is 17.8 Å². The SMILES string of the molecule is CCCCCCCCCCCCCC(=O)O[C@H](COC(=O)CCCCCCCCC(C)C)COP(=O)(O)OC[C@H](O)COP(=O)(O)OC[C@@H](COC(=O)CCCCCCCCCCCCCCCCCC(C)C)OC(=O)CCCCCCCCCCCCCCCCCC(C)C. The number of phosphoric acid groups is 2. The van der Waals surface area contributed by atoms with Gasteiger partial charge in [-0.15, -0.1) is 0 Å². The zero-order valence-electron chi connectivity index (χ0n) is 62.8. The molecule has 0 aliphatic carbocycles. The van der Waals surface area contributed by atoms with Gasteiger partial charge < -0.3 is 33.8 Å². The van der Waals surface area contributed by atoms with E-state index in [0.717, 1.165) is 108 Å². The number of carbonyl (C=O) groups is 4. The van der Waals surface area contributed by atoms with E-state index < -0.39 is 97.5 Å². The molecule has 0 saturated carbocycles. The van der Waals surface area contributed by atoms with Gasteiger partial charge in [-0.2, -0.15) is 0 Å². The van der Waals surface area contributed by atoms with E-state index in [9.17, 15) is 43.2 Å². The second-order valence-corrected chi connectivity index (χ2v) is 32.1. The maximum absolute atomic E-state index is 13.1. The third-order valence-corrected chi connectivity index (χ3v) is 19.8. The second kappa shape index (κ2) is 67.5. The summed E-state index contributed by atoms with van der Waals surface area (Å²) in [6.07, 6.45) is 54.3.